The van der Waals surface area contributed by atoms with Crippen LogP contribution in [-0.4, -0.2) is 9.78 Å². The SMILES string of the molecule is Cc1cc(Br)ccc1-n1nc(C(C)(C)C)c(CCl)c1Cl. The predicted octanol–water partition coefficient (Wildman–Crippen LogP) is 5.63. The second kappa shape index (κ2) is 5.70. The van der Waals surface area contributed by atoms with Crippen LogP contribution < -0.4 is 0 Å². The van der Waals surface area contributed by atoms with Crippen molar-refractivity contribution in [1.82, 2.24) is 9.78 Å². The van der Waals surface area contributed by atoms with Gasteiger partial charge < -0.3 is 0 Å². The number of hydrogen-bond acceptors (Lipinski definition) is 1. The summed E-state index contributed by atoms with van der Waals surface area (Å²) in [5.41, 5.74) is 3.83. The molecule has 0 aliphatic carbocycles. The number of benzene rings is 1. The van der Waals surface area contributed by atoms with E-state index >= 15 is 0 Å². The first-order valence-electron chi connectivity index (χ1n) is 6.36. The summed E-state index contributed by atoms with van der Waals surface area (Å²) in [6.07, 6.45) is 0. The largest absolute Gasteiger partial charge is 0.221 e. The monoisotopic (exact) mass is 374 g/mol. The van der Waals surface area contributed by atoms with Gasteiger partial charge in [0.25, 0.3) is 0 Å². The molecule has 0 aliphatic rings. The predicted molar refractivity (Wildman–Crippen MR) is 89.3 cm³/mol. The van der Waals surface area contributed by atoms with E-state index in [9.17, 15) is 0 Å². The molecule has 0 bridgehead atoms. The number of aryl methyl sites for hydroxylation is 1. The average molecular weight is 376 g/mol. The van der Waals surface area contributed by atoms with Crippen LogP contribution >= 0.6 is 39.1 Å². The molecule has 2 nitrogen and oxygen atoms in total. The first kappa shape index (κ1) is 15.9. The van der Waals surface area contributed by atoms with Crippen LogP contribution in [0.5, 0.6) is 0 Å². The Hall–Kier alpha value is -0.510. The highest BCUT2D eigenvalue weighted by Crippen LogP contribution is 2.33. The molecule has 0 radical (unpaired) electrons. The van der Waals surface area contributed by atoms with Crippen LogP contribution in [0.15, 0.2) is 22.7 Å². The highest BCUT2D eigenvalue weighted by Gasteiger charge is 2.26. The summed E-state index contributed by atoms with van der Waals surface area (Å²) in [5, 5.41) is 5.29. The lowest BCUT2D eigenvalue weighted by Gasteiger charge is -2.16. The van der Waals surface area contributed by atoms with E-state index in [-0.39, 0.29) is 5.41 Å². The van der Waals surface area contributed by atoms with Crippen LogP contribution in [0.1, 0.15) is 37.6 Å². The van der Waals surface area contributed by atoms with E-state index in [1.165, 1.54) is 0 Å². The van der Waals surface area contributed by atoms with Crippen molar-refractivity contribution in [2.24, 2.45) is 0 Å². The Kier molecular flexibility index (Phi) is 4.53. The lowest BCUT2D eigenvalue weighted by atomic mass is 9.90. The van der Waals surface area contributed by atoms with Gasteiger partial charge in [0.05, 0.1) is 17.3 Å². The van der Waals surface area contributed by atoms with Crippen molar-refractivity contribution in [3.63, 3.8) is 0 Å². The fraction of sp³-hybridized carbons (Fsp3) is 0.400. The summed E-state index contributed by atoms with van der Waals surface area (Å²) in [6.45, 7) is 8.37. The van der Waals surface area contributed by atoms with E-state index in [1.54, 1.807) is 4.68 Å². The molecule has 108 valence electrons. The van der Waals surface area contributed by atoms with Crippen LogP contribution in [0.3, 0.4) is 0 Å². The van der Waals surface area contributed by atoms with Gasteiger partial charge >= 0.3 is 0 Å². The van der Waals surface area contributed by atoms with Crippen molar-refractivity contribution in [2.45, 2.75) is 39.0 Å². The summed E-state index contributed by atoms with van der Waals surface area (Å²) in [6, 6.07) is 6.03. The lowest BCUT2D eigenvalue weighted by molar-refractivity contribution is 0.556. The molecule has 0 fully saturated rings. The van der Waals surface area contributed by atoms with Crippen LogP contribution in [0.4, 0.5) is 0 Å². The van der Waals surface area contributed by atoms with Gasteiger partial charge in [0.1, 0.15) is 5.15 Å². The third-order valence-corrected chi connectivity index (χ3v) is 4.30. The summed E-state index contributed by atoms with van der Waals surface area (Å²) >= 11 is 16.0. The van der Waals surface area contributed by atoms with Crippen LogP contribution in [0.25, 0.3) is 5.69 Å². The Labute approximate surface area is 138 Å². The third kappa shape index (κ3) is 2.90. The molecule has 0 N–H and O–H groups in total. The average Bonchev–Trinajstić information content (AvgIpc) is 2.66. The van der Waals surface area contributed by atoms with Gasteiger partial charge in [-0.05, 0) is 30.7 Å². The maximum atomic E-state index is 6.49. The van der Waals surface area contributed by atoms with Crippen LogP contribution in [-0.2, 0) is 11.3 Å². The first-order chi connectivity index (χ1) is 9.25. The first-order valence-corrected chi connectivity index (χ1v) is 8.06. The Balaban J connectivity index is 2.67. The number of nitrogens with zero attached hydrogens (tertiary/aromatic N) is 2. The van der Waals surface area contributed by atoms with Crippen LogP contribution in [0.2, 0.25) is 5.15 Å². The van der Waals surface area contributed by atoms with E-state index in [1.807, 2.05) is 25.1 Å². The molecule has 0 spiro atoms. The van der Waals surface area contributed by atoms with Crippen molar-refractivity contribution >= 4 is 39.1 Å². The zero-order valence-electron chi connectivity index (χ0n) is 12.0. The zero-order chi connectivity index (χ0) is 15.1. The highest BCUT2D eigenvalue weighted by atomic mass is 79.9. The highest BCUT2D eigenvalue weighted by molar-refractivity contribution is 9.10. The van der Waals surface area contributed by atoms with Gasteiger partial charge in [0.2, 0.25) is 0 Å². The molecular formula is C15H17BrCl2N2. The number of halogens is 3. The normalized spacial score (nSPS) is 11.9. The van der Waals surface area contributed by atoms with Gasteiger partial charge in [-0.1, -0.05) is 48.3 Å². The maximum Gasteiger partial charge on any atom is 0.137 e. The summed E-state index contributed by atoms with van der Waals surface area (Å²) in [7, 11) is 0. The number of alkyl halides is 1. The minimum absolute atomic E-state index is 0.0949. The number of aromatic nitrogens is 2. The van der Waals surface area contributed by atoms with E-state index in [0.29, 0.717) is 11.0 Å². The molecule has 0 saturated carbocycles. The smallest absolute Gasteiger partial charge is 0.137 e. The second-order valence-corrected chi connectivity index (χ2v) is 7.39. The molecule has 0 aliphatic heterocycles. The molecule has 0 unspecified atom stereocenters. The van der Waals surface area contributed by atoms with Gasteiger partial charge in [-0.2, -0.15) is 5.10 Å². The fourth-order valence-corrected chi connectivity index (χ4v) is 3.25. The Morgan fingerprint density at radius 3 is 2.40 bits per heavy atom. The molecule has 2 rings (SSSR count). The van der Waals surface area contributed by atoms with Crippen molar-refractivity contribution in [1.29, 1.82) is 0 Å². The van der Waals surface area contributed by atoms with Gasteiger partial charge in [0, 0.05) is 15.5 Å². The molecule has 5 heteroatoms. The van der Waals surface area contributed by atoms with E-state index in [4.69, 9.17) is 28.3 Å². The van der Waals surface area contributed by atoms with Crippen LogP contribution in [0, 0.1) is 6.92 Å². The van der Waals surface area contributed by atoms with Gasteiger partial charge in [0.15, 0.2) is 0 Å². The summed E-state index contributed by atoms with van der Waals surface area (Å²) in [4.78, 5) is 0. The van der Waals surface area contributed by atoms with E-state index < -0.39 is 0 Å². The van der Waals surface area contributed by atoms with Gasteiger partial charge in [-0.25, -0.2) is 4.68 Å². The molecule has 1 aromatic carbocycles. The molecule has 20 heavy (non-hydrogen) atoms. The lowest BCUT2D eigenvalue weighted by Crippen LogP contribution is -2.14. The second-order valence-electron chi connectivity index (χ2n) is 5.84. The van der Waals surface area contributed by atoms with Crippen molar-refractivity contribution < 1.29 is 0 Å². The van der Waals surface area contributed by atoms with Crippen molar-refractivity contribution in [2.75, 3.05) is 0 Å². The van der Waals surface area contributed by atoms with Crippen molar-refractivity contribution in [3.8, 4) is 5.69 Å². The molecule has 2 aromatic rings. The fourth-order valence-electron chi connectivity index (χ4n) is 2.17. The third-order valence-electron chi connectivity index (χ3n) is 3.15. The van der Waals surface area contributed by atoms with Crippen molar-refractivity contribution in [3.05, 3.63) is 44.6 Å². The molecule has 0 amide bonds. The maximum absolute atomic E-state index is 6.49. The Morgan fingerprint density at radius 1 is 1.30 bits per heavy atom. The standard InChI is InChI=1S/C15H17BrCl2N2/c1-9-7-10(16)5-6-12(9)20-14(18)11(8-17)13(19-20)15(2,3)4/h5-7H,8H2,1-4H3. The summed E-state index contributed by atoms with van der Waals surface area (Å²) < 4.78 is 2.82. The number of hydrogen-bond donors (Lipinski definition) is 0. The quantitative estimate of drug-likeness (QED) is 0.621. The summed E-state index contributed by atoms with van der Waals surface area (Å²) in [5.74, 6) is 0.362. The molecule has 0 atom stereocenters. The zero-order valence-corrected chi connectivity index (χ0v) is 15.1. The molecular weight excluding hydrogens is 359 g/mol. The number of rotatable bonds is 2. The Bertz CT molecular complexity index is 642. The molecule has 0 saturated heterocycles. The van der Waals surface area contributed by atoms with E-state index in [2.05, 4.69) is 36.7 Å². The molecule has 1 aromatic heterocycles. The Morgan fingerprint density at radius 2 is 1.95 bits per heavy atom. The topological polar surface area (TPSA) is 17.8 Å². The minimum atomic E-state index is -0.0949. The van der Waals surface area contributed by atoms with E-state index in [0.717, 1.165) is 27.0 Å². The van der Waals surface area contributed by atoms with Gasteiger partial charge in [-0.15, -0.1) is 11.6 Å². The minimum Gasteiger partial charge on any atom is -0.221 e. The molecule has 1 heterocycles. The van der Waals surface area contributed by atoms with Gasteiger partial charge in [-0.3, -0.25) is 0 Å².